The number of amides is 2. The van der Waals surface area contributed by atoms with Crippen molar-refractivity contribution in [2.24, 2.45) is 0 Å². The molecule has 9 rings (SSSR count). The van der Waals surface area contributed by atoms with E-state index >= 15 is 0 Å². The predicted molar refractivity (Wildman–Crippen MR) is 319 cm³/mol. The molecule has 0 aromatic carbocycles. The summed E-state index contributed by atoms with van der Waals surface area (Å²) >= 11 is 0. The smallest absolute Gasteiger partial charge is 0.217 e. The Morgan fingerprint density at radius 3 is 1.01 bits per heavy atom. The fourth-order valence-corrected chi connectivity index (χ4v) is 13.5. The third-order valence-electron chi connectivity index (χ3n) is 19.5. The number of nitrogens with one attached hydrogen (secondary N) is 2. The lowest BCUT2D eigenvalue weighted by Crippen LogP contribution is -2.70. The Balaban J connectivity index is 1.04. The molecule has 105 heavy (non-hydrogen) atoms. The molecule has 610 valence electrons. The predicted octanol–water partition coefficient (Wildman–Crippen LogP) is -19.7. The number of hydrogen-bond donors (Lipinski definition) is 28. The molecule has 2 amide bonds. The van der Waals surface area contributed by atoms with Gasteiger partial charge in [-0.3, -0.25) is 9.59 Å². The van der Waals surface area contributed by atoms with Gasteiger partial charge in [0.1, 0.15) is 214 Å². The van der Waals surface area contributed by atoms with Crippen molar-refractivity contribution in [1.82, 2.24) is 10.6 Å². The number of ether oxygens (including phenoxy) is 17. The Bertz CT molecular complexity index is 2670. The van der Waals surface area contributed by atoms with Gasteiger partial charge in [0.15, 0.2) is 50.3 Å². The SMILES string of the molecule is CC(=O)N[C@H]1[C@H](O[C@H]2[C@H](O)[C@@H](NC(C)=O)CO[C@@H]2CO)O[C@H](CO)[C@@H](O[C@@H]2O[C@H](CO[C@H]3O[C@H](CO[C@H]4O[C@H](CO)[C@@H](O)[C@H](O)[C@@H]4O[C@H]4O[C@H](CO)[C@@H](O)[C@H](O)[C@@H]4O)[C@@H](O)[C@H](O[C@H]4O[C@H](CO)[C@@H](O)[C@H](O)[C@@H]4O)[C@@H]3O)[C@@H](O)[C@H](O[C@H]3O[C@H](CO)[C@@H](O)[C@H](O)[C@@H]3O[C@H]3O[C@H](CO)[C@@H](O)[C@H](O)[C@@H]3O)[C@@H]2O)[C@@H]1O. The highest BCUT2D eigenvalue weighted by Crippen LogP contribution is 2.39. The maximum atomic E-state index is 12.9. The second kappa shape index (κ2) is 37.7. The van der Waals surface area contributed by atoms with E-state index in [-0.39, 0.29) is 6.61 Å². The third-order valence-corrected chi connectivity index (χ3v) is 19.5. The van der Waals surface area contributed by atoms with Crippen molar-refractivity contribution in [3.63, 3.8) is 0 Å². The second-order valence-corrected chi connectivity index (χ2v) is 26.6. The molecule has 47 heteroatoms. The summed E-state index contributed by atoms with van der Waals surface area (Å²) in [6, 6.07) is -3.01. The average molecular weight is 1540 g/mol. The summed E-state index contributed by atoms with van der Waals surface area (Å²) < 4.78 is 99.3. The van der Waals surface area contributed by atoms with E-state index in [0.29, 0.717) is 0 Å². The van der Waals surface area contributed by atoms with Gasteiger partial charge in [0, 0.05) is 13.8 Å². The van der Waals surface area contributed by atoms with Gasteiger partial charge in [0.05, 0.1) is 72.1 Å². The first-order chi connectivity index (χ1) is 49.8. The Labute approximate surface area is 593 Å². The lowest BCUT2D eigenvalue weighted by molar-refractivity contribution is -0.399. The highest BCUT2D eigenvalue weighted by atomic mass is 16.8. The highest BCUT2D eigenvalue weighted by molar-refractivity contribution is 5.73. The molecule has 0 radical (unpaired) electrons. The van der Waals surface area contributed by atoms with E-state index < -0.39 is 341 Å². The fourth-order valence-electron chi connectivity index (χ4n) is 13.5. The molecule has 9 fully saturated rings. The first kappa shape index (κ1) is 86.2. The van der Waals surface area contributed by atoms with Crippen molar-refractivity contribution in [1.29, 1.82) is 0 Å². The third kappa shape index (κ3) is 18.8. The maximum Gasteiger partial charge on any atom is 0.217 e. The van der Waals surface area contributed by atoms with Crippen LogP contribution in [0.25, 0.3) is 0 Å². The van der Waals surface area contributed by atoms with Crippen LogP contribution < -0.4 is 10.6 Å². The second-order valence-electron chi connectivity index (χ2n) is 26.6. The summed E-state index contributed by atoms with van der Waals surface area (Å²) in [5, 5.41) is 290. The van der Waals surface area contributed by atoms with E-state index in [1.54, 1.807) is 0 Å². The van der Waals surface area contributed by atoms with Crippen LogP contribution in [-0.4, -0.2) is 481 Å². The van der Waals surface area contributed by atoms with E-state index in [1.165, 1.54) is 0 Å². The van der Waals surface area contributed by atoms with Crippen molar-refractivity contribution in [3.8, 4) is 0 Å². The van der Waals surface area contributed by atoms with Gasteiger partial charge >= 0.3 is 0 Å². The van der Waals surface area contributed by atoms with E-state index in [9.17, 15) is 142 Å². The molecule has 0 unspecified atom stereocenters. The quantitative estimate of drug-likeness (QED) is 0.0363. The Morgan fingerprint density at radius 1 is 0.276 bits per heavy atom. The molecule has 0 aromatic heterocycles. The number of hydrogen-bond acceptors (Lipinski definition) is 45. The number of carbonyl (C=O) groups excluding carboxylic acids is 2. The fraction of sp³-hybridized carbons (Fsp3) is 0.966. The molecule has 0 aliphatic carbocycles. The van der Waals surface area contributed by atoms with Crippen LogP contribution in [0.1, 0.15) is 13.8 Å². The Hall–Kier alpha value is -2.78. The minimum atomic E-state index is -2.51. The number of aliphatic hydroxyl groups excluding tert-OH is 26. The monoisotopic (exact) mass is 1540 g/mol. The van der Waals surface area contributed by atoms with Gasteiger partial charge in [0.25, 0.3) is 0 Å². The summed E-state index contributed by atoms with van der Waals surface area (Å²) in [5.74, 6) is -1.52. The first-order valence-electron chi connectivity index (χ1n) is 33.5. The van der Waals surface area contributed by atoms with Crippen LogP contribution in [-0.2, 0) is 90.1 Å². The lowest BCUT2D eigenvalue weighted by atomic mass is 9.94. The molecular formula is C58H98N2O45. The molecular weight excluding hydrogens is 1440 g/mol. The average Bonchev–Trinajstić information content (AvgIpc) is 0.775. The van der Waals surface area contributed by atoms with Crippen LogP contribution in [0.15, 0.2) is 0 Å². The van der Waals surface area contributed by atoms with Crippen molar-refractivity contribution >= 4 is 11.8 Å². The zero-order valence-electron chi connectivity index (χ0n) is 55.9. The summed E-state index contributed by atoms with van der Waals surface area (Å²) in [6.07, 6.45) is -87.0. The van der Waals surface area contributed by atoms with Crippen LogP contribution in [0.4, 0.5) is 0 Å². The number of carbonyl (C=O) groups is 2. The van der Waals surface area contributed by atoms with Crippen LogP contribution in [0.5, 0.6) is 0 Å². The highest BCUT2D eigenvalue weighted by Gasteiger charge is 2.60. The molecule has 44 atom stereocenters. The normalized spacial score (nSPS) is 50.8. The summed E-state index contributed by atoms with van der Waals surface area (Å²) in [6.45, 7) is -7.68. The zero-order chi connectivity index (χ0) is 77.1. The zero-order valence-corrected chi connectivity index (χ0v) is 55.9. The van der Waals surface area contributed by atoms with Crippen LogP contribution in [0.3, 0.4) is 0 Å². The van der Waals surface area contributed by atoms with Gasteiger partial charge in [-0.05, 0) is 0 Å². The maximum absolute atomic E-state index is 12.9. The van der Waals surface area contributed by atoms with Crippen molar-refractivity contribution in [2.75, 3.05) is 66.1 Å². The van der Waals surface area contributed by atoms with E-state index in [4.69, 9.17) is 80.5 Å². The Kier molecular flexibility index (Phi) is 31.0. The molecule has 28 N–H and O–H groups in total. The molecule has 0 spiro atoms. The minimum Gasteiger partial charge on any atom is -0.394 e. The van der Waals surface area contributed by atoms with Crippen molar-refractivity contribution < 1.29 is 223 Å². The molecule has 0 bridgehead atoms. The first-order valence-corrected chi connectivity index (χ1v) is 33.5. The van der Waals surface area contributed by atoms with Crippen molar-refractivity contribution in [2.45, 2.75) is 284 Å². The Morgan fingerprint density at radius 2 is 0.581 bits per heavy atom. The lowest BCUT2D eigenvalue weighted by Gasteiger charge is -2.50. The van der Waals surface area contributed by atoms with Gasteiger partial charge in [-0.25, -0.2) is 0 Å². The molecule has 47 nitrogen and oxygen atoms in total. The standard InChI is InChI=1S/C58H98N2O45/c1-13(68)59-15-10-89-21(8-66)45(26(15)70)100-51-25(60-14(2)69)34(78)46(22(9-67)97-51)101-56-44(88)48(103-58-50(39(83)31(75)20(7-65)96-58)105-55-42(86)37(81)29(73)18(5-63)94-55)33(77)24(99-56)11-90-52-43(87)47(102-53-40(84)35(79)27(71)16(3-61)92-53)32(76)23(98-52)12-91-57-49(38(82)30(74)19(6-64)95-57)104-54-41(85)36(80)28(72)17(4-62)93-54/h15-58,61-67,70-88H,3-12H2,1-2H3,(H,59,68)(H,60,69)/t15-,16+,17+,18+,19+,20+,21+,22+,23+,24+,25+,26+,27+,28+,29+,30+,31+,32+,33+,34+,35-,36-,37-,38-,39-,40-,41-,42-,43-,44-,45+,46+,47-,48-,49-,50-,51-,52-,53+,54+,55+,56-,57-,58+/m0/s1. The van der Waals surface area contributed by atoms with Gasteiger partial charge in [-0.2, -0.15) is 0 Å². The van der Waals surface area contributed by atoms with Gasteiger partial charge in [-0.1, -0.05) is 0 Å². The van der Waals surface area contributed by atoms with E-state index in [2.05, 4.69) is 10.6 Å². The summed E-state index contributed by atoms with van der Waals surface area (Å²) in [5.41, 5.74) is 0. The number of rotatable bonds is 27. The van der Waals surface area contributed by atoms with Gasteiger partial charge in [-0.15, -0.1) is 0 Å². The molecule has 9 aliphatic heterocycles. The van der Waals surface area contributed by atoms with E-state index in [1.807, 2.05) is 0 Å². The van der Waals surface area contributed by atoms with Crippen molar-refractivity contribution in [3.05, 3.63) is 0 Å². The summed E-state index contributed by atoms with van der Waals surface area (Å²) in [4.78, 5) is 25.0. The molecule has 9 saturated heterocycles. The largest absolute Gasteiger partial charge is 0.394 e. The molecule has 0 saturated carbocycles. The number of aliphatic hydroxyl groups is 26. The molecule has 0 aromatic rings. The molecule has 9 aliphatic rings. The van der Waals surface area contributed by atoms with Crippen LogP contribution >= 0.6 is 0 Å². The topological polar surface area (TPSA) is 741 Å². The van der Waals surface area contributed by atoms with Gasteiger partial charge < -0.3 is 224 Å². The van der Waals surface area contributed by atoms with Crippen LogP contribution in [0.2, 0.25) is 0 Å². The minimum absolute atomic E-state index is 0.336. The van der Waals surface area contributed by atoms with Crippen LogP contribution in [0, 0.1) is 0 Å². The summed E-state index contributed by atoms with van der Waals surface area (Å²) in [7, 11) is 0. The van der Waals surface area contributed by atoms with E-state index in [0.717, 1.165) is 13.8 Å². The molecule has 9 heterocycles. The van der Waals surface area contributed by atoms with Gasteiger partial charge in [0.2, 0.25) is 11.8 Å².